The molecule has 4 heterocycles. The van der Waals surface area contributed by atoms with E-state index in [4.69, 9.17) is 21.3 Å². The van der Waals surface area contributed by atoms with Gasteiger partial charge in [0.25, 0.3) is 0 Å². The molecule has 2 aromatic rings. The van der Waals surface area contributed by atoms with Crippen molar-refractivity contribution in [3.05, 3.63) is 12.7 Å². The first-order chi connectivity index (χ1) is 15.8. The summed E-state index contributed by atoms with van der Waals surface area (Å²) in [6, 6.07) is -0.553. The molecule has 2 saturated heterocycles. The predicted octanol–water partition coefficient (Wildman–Crippen LogP) is -1.73. The fourth-order valence-electron chi connectivity index (χ4n) is 4.50. The van der Waals surface area contributed by atoms with E-state index in [1.54, 1.807) is 0 Å². The van der Waals surface area contributed by atoms with E-state index in [0.29, 0.717) is 36.8 Å². The molecule has 0 spiro atoms. The molecule has 4 rings (SSSR count). The molecule has 0 bridgehead atoms. The van der Waals surface area contributed by atoms with Crippen molar-refractivity contribution in [2.75, 3.05) is 31.9 Å². The van der Waals surface area contributed by atoms with E-state index in [1.165, 1.54) is 17.2 Å². The maximum atomic E-state index is 11.1. The van der Waals surface area contributed by atoms with Gasteiger partial charge in [-0.25, -0.2) is 15.0 Å². The molecule has 0 amide bonds. The molecule has 2 aliphatic heterocycles. The highest BCUT2D eigenvalue weighted by Gasteiger charge is 2.45. The number of hydrogen-bond acceptors (Lipinski definition) is 11. The molecule has 2 fully saturated rings. The lowest BCUT2D eigenvalue weighted by Gasteiger charge is -2.28. The Labute approximate surface area is 190 Å². The molecule has 8 N–H and O–H groups in total. The maximum Gasteiger partial charge on any atom is 0.320 e. The molecule has 0 aliphatic carbocycles. The number of aliphatic carboxylic acids is 1. The van der Waals surface area contributed by atoms with Gasteiger partial charge in [0.05, 0.1) is 6.33 Å². The first kappa shape index (κ1) is 23.7. The van der Waals surface area contributed by atoms with Gasteiger partial charge in [0.2, 0.25) is 0 Å². The van der Waals surface area contributed by atoms with E-state index in [2.05, 4.69) is 20.3 Å². The largest absolute Gasteiger partial charge is 0.480 e. The maximum absolute atomic E-state index is 11.1. The second kappa shape index (κ2) is 10.2. The fourth-order valence-corrected chi connectivity index (χ4v) is 4.50. The van der Waals surface area contributed by atoms with Crippen LogP contribution in [0.25, 0.3) is 11.2 Å². The van der Waals surface area contributed by atoms with Crippen molar-refractivity contribution in [3.8, 4) is 0 Å². The predicted molar refractivity (Wildman–Crippen MR) is 118 cm³/mol. The Balaban J connectivity index is 1.45. The molecule has 1 unspecified atom stereocenters. The minimum atomic E-state index is -1.21. The van der Waals surface area contributed by atoms with Crippen LogP contribution >= 0.6 is 0 Å². The number of aliphatic hydroxyl groups excluding tert-OH is 2. The summed E-state index contributed by atoms with van der Waals surface area (Å²) in [6.07, 6.45) is 2.20. The fraction of sp³-hybridized carbons (Fsp3) is 0.700. The molecule has 0 aromatic carbocycles. The van der Waals surface area contributed by atoms with Crippen molar-refractivity contribution in [2.24, 2.45) is 5.73 Å². The third-order valence-electron chi connectivity index (χ3n) is 6.47. The molecule has 0 radical (unpaired) electrons. The topological polar surface area (TPSA) is 198 Å². The summed E-state index contributed by atoms with van der Waals surface area (Å²) < 4.78 is 7.59. The second-order valence-electron chi connectivity index (χ2n) is 8.75. The van der Waals surface area contributed by atoms with Crippen LogP contribution in [0.5, 0.6) is 0 Å². The number of aromatic nitrogens is 4. The lowest BCUT2D eigenvalue weighted by atomic mass is 10.1. The molecule has 13 nitrogen and oxygen atoms in total. The van der Waals surface area contributed by atoms with Gasteiger partial charge in [0.1, 0.15) is 36.2 Å². The number of fused-ring (bicyclic) bond motifs is 1. The molecule has 182 valence electrons. The van der Waals surface area contributed by atoms with E-state index in [0.717, 1.165) is 25.8 Å². The number of imidazole rings is 1. The number of nitrogens with two attached hydrogens (primary N) is 2. The van der Waals surface area contributed by atoms with Crippen molar-refractivity contribution < 1.29 is 24.9 Å². The number of anilines is 1. The summed E-state index contributed by atoms with van der Waals surface area (Å²) in [7, 11) is 0. The second-order valence-corrected chi connectivity index (χ2v) is 8.75. The van der Waals surface area contributed by atoms with Gasteiger partial charge < -0.3 is 41.7 Å². The number of rotatable bonds is 10. The van der Waals surface area contributed by atoms with E-state index < -0.39 is 36.6 Å². The third-order valence-corrected chi connectivity index (χ3v) is 6.47. The SMILES string of the molecule is Nc1ncnc2c1ncn2[C@@H]1O[C@H](CN(CCC2CCCN2)CC[C@H](N)C(=O)O)[C@@H](O)[C@H]1O. The number of ether oxygens (including phenoxy) is 1. The lowest BCUT2D eigenvalue weighted by Crippen LogP contribution is -2.43. The van der Waals surface area contributed by atoms with Crippen LogP contribution in [0.3, 0.4) is 0 Å². The van der Waals surface area contributed by atoms with Crippen molar-refractivity contribution in [1.82, 2.24) is 29.7 Å². The van der Waals surface area contributed by atoms with Crippen molar-refractivity contribution in [1.29, 1.82) is 0 Å². The van der Waals surface area contributed by atoms with Crippen LogP contribution in [0, 0.1) is 0 Å². The number of aliphatic hydroxyl groups is 2. The molecule has 2 aromatic heterocycles. The number of hydrogen-bond donors (Lipinski definition) is 6. The van der Waals surface area contributed by atoms with Crippen LogP contribution < -0.4 is 16.8 Å². The average molecular weight is 465 g/mol. The van der Waals surface area contributed by atoms with Gasteiger partial charge in [0.15, 0.2) is 17.7 Å². The van der Waals surface area contributed by atoms with Crippen molar-refractivity contribution in [2.45, 2.75) is 62.3 Å². The van der Waals surface area contributed by atoms with Crippen LogP contribution in [0.4, 0.5) is 5.82 Å². The average Bonchev–Trinajstić information content (AvgIpc) is 3.52. The summed E-state index contributed by atoms with van der Waals surface area (Å²) >= 11 is 0. The number of nitrogens with zero attached hydrogens (tertiary/aromatic N) is 5. The lowest BCUT2D eigenvalue weighted by molar-refractivity contribution is -0.138. The van der Waals surface area contributed by atoms with Crippen molar-refractivity contribution in [3.63, 3.8) is 0 Å². The van der Waals surface area contributed by atoms with Crippen LogP contribution in [0.15, 0.2) is 12.7 Å². The van der Waals surface area contributed by atoms with Gasteiger partial charge in [-0.2, -0.15) is 0 Å². The minimum absolute atomic E-state index is 0.213. The van der Waals surface area contributed by atoms with Crippen LogP contribution in [0.2, 0.25) is 0 Å². The summed E-state index contributed by atoms with van der Waals surface area (Å²) in [6.45, 7) is 2.44. The quantitative estimate of drug-likeness (QED) is 0.233. The molecule has 33 heavy (non-hydrogen) atoms. The molecular weight excluding hydrogens is 432 g/mol. The van der Waals surface area contributed by atoms with Crippen LogP contribution in [-0.4, -0.2) is 102 Å². The normalized spacial score (nSPS) is 28.7. The smallest absolute Gasteiger partial charge is 0.320 e. The summed E-state index contributed by atoms with van der Waals surface area (Å²) in [5, 5.41) is 34.0. The van der Waals surface area contributed by atoms with Gasteiger partial charge in [0, 0.05) is 19.1 Å². The summed E-state index contributed by atoms with van der Waals surface area (Å²) in [5.41, 5.74) is 12.3. The van der Waals surface area contributed by atoms with Gasteiger partial charge >= 0.3 is 5.97 Å². The highest BCUT2D eigenvalue weighted by Crippen LogP contribution is 2.32. The van der Waals surface area contributed by atoms with Crippen LogP contribution in [-0.2, 0) is 9.53 Å². The Hall–Kier alpha value is -2.42. The zero-order chi connectivity index (χ0) is 23.5. The Morgan fingerprint density at radius 3 is 2.85 bits per heavy atom. The third kappa shape index (κ3) is 5.23. The summed E-state index contributed by atoms with van der Waals surface area (Å²) in [5.74, 6) is -0.835. The zero-order valence-corrected chi connectivity index (χ0v) is 18.3. The van der Waals surface area contributed by atoms with Gasteiger partial charge in [-0.15, -0.1) is 0 Å². The highest BCUT2D eigenvalue weighted by atomic mass is 16.6. The molecule has 6 atom stereocenters. The van der Waals surface area contributed by atoms with Gasteiger partial charge in [-0.1, -0.05) is 0 Å². The molecular formula is C20H32N8O5. The van der Waals surface area contributed by atoms with Crippen molar-refractivity contribution >= 4 is 23.0 Å². The molecule has 0 saturated carbocycles. The monoisotopic (exact) mass is 464 g/mol. The Bertz CT molecular complexity index is 952. The Morgan fingerprint density at radius 2 is 2.12 bits per heavy atom. The first-order valence-electron chi connectivity index (χ1n) is 11.2. The van der Waals surface area contributed by atoms with E-state index in [1.807, 2.05) is 4.90 Å². The zero-order valence-electron chi connectivity index (χ0n) is 18.3. The molecule has 13 heteroatoms. The van der Waals surface area contributed by atoms with E-state index in [-0.39, 0.29) is 12.2 Å². The standard InChI is InChI=1S/C20H32N8O5/c21-12(20(31)32)4-7-27(6-3-11-2-1-5-23-11)8-13-15(29)16(30)19(33-13)28-10-26-14-17(22)24-9-25-18(14)28/h9-13,15-16,19,23,29-30H,1-8,21H2,(H,31,32)(H2,22,24,25)/t11?,12-,13+,15+,16+,19+/m0/s1. The highest BCUT2D eigenvalue weighted by molar-refractivity contribution is 5.81. The van der Waals surface area contributed by atoms with Gasteiger partial charge in [-0.05, 0) is 38.8 Å². The number of carboxylic acid groups (broad SMARTS) is 1. The van der Waals surface area contributed by atoms with Gasteiger partial charge in [-0.3, -0.25) is 9.36 Å². The van der Waals surface area contributed by atoms with Crippen LogP contribution in [0.1, 0.15) is 31.9 Å². The molecule has 2 aliphatic rings. The number of nitrogens with one attached hydrogen (secondary N) is 1. The number of nitrogen functional groups attached to an aromatic ring is 1. The van der Waals surface area contributed by atoms with E-state index >= 15 is 0 Å². The summed E-state index contributed by atoms with van der Waals surface area (Å²) in [4.78, 5) is 25.5. The number of carbonyl (C=O) groups is 1. The minimum Gasteiger partial charge on any atom is -0.480 e. The first-order valence-corrected chi connectivity index (χ1v) is 11.2. The number of carboxylic acids is 1. The Morgan fingerprint density at radius 1 is 1.30 bits per heavy atom. The Kier molecular flexibility index (Phi) is 7.36. The van der Waals surface area contributed by atoms with E-state index in [9.17, 15) is 15.0 Å².